The number of hydrogen-bond donors (Lipinski definition) is 0. The molecular weight excluding hydrogens is 234 g/mol. The van der Waals surface area contributed by atoms with E-state index in [0.29, 0.717) is 5.92 Å². The lowest BCUT2D eigenvalue weighted by Gasteiger charge is -2.02. The molecule has 0 aromatic carbocycles. The average Bonchev–Trinajstić information content (AvgIpc) is 1.83. The van der Waals surface area contributed by atoms with Crippen LogP contribution in [0.5, 0.6) is 0 Å². The van der Waals surface area contributed by atoms with Crippen molar-refractivity contribution in [2.75, 3.05) is 10.3 Å². The maximum Gasteiger partial charge on any atom is 0.0249 e. The van der Waals surface area contributed by atoms with Crippen LogP contribution < -0.4 is 0 Å². The smallest absolute Gasteiger partial charge is 0.0249 e. The van der Waals surface area contributed by atoms with Gasteiger partial charge in [-0.3, -0.25) is 0 Å². The topological polar surface area (TPSA) is 0 Å². The first kappa shape index (κ1) is 9.02. The van der Waals surface area contributed by atoms with Crippen LogP contribution in [0.3, 0.4) is 0 Å². The van der Waals surface area contributed by atoms with Crippen molar-refractivity contribution in [1.29, 1.82) is 0 Å². The molecular formula is C6H12ClI. The van der Waals surface area contributed by atoms with Crippen LogP contribution in [0, 0.1) is 5.92 Å². The molecule has 0 saturated heterocycles. The number of hydrogen-bond acceptors (Lipinski definition) is 0. The van der Waals surface area contributed by atoms with Crippen LogP contribution in [0.4, 0.5) is 0 Å². The maximum atomic E-state index is 5.59. The van der Waals surface area contributed by atoms with Crippen LogP contribution in [0.1, 0.15) is 19.8 Å². The van der Waals surface area contributed by atoms with Gasteiger partial charge in [-0.05, 0) is 23.2 Å². The SMILES string of the molecule is C[C@H](CCl)CCCI. The van der Waals surface area contributed by atoms with Gasteiger partial charge >= 0.3 is 0 Å². The van der Waals surface area contributed by atoms with Gasteiger partial charge in [0, 0.05) is 5.88 Å². The van der Waals surface area contributed by atoms with E-state index in [9.17, 15) is 0 Å². The van der Waals surface area contributed by atoms with E-state index in [-0.39, 0.29) is 0 Å². The van der Waals surface area contributed by atoms with E-state index in [1.54, 1.807) is 0 Å². The fraction of sp³-hybridized carbons (Fsp3) is 1.00. The lowest BCUT2D eigenvalue weighted by atomic mass is 10.1. The highest BCUT2D eigenvalue weighted by Crippen LogP contribution is 2.07. The number of alkyl halides is 2. The second-order valence-electron chi connectivity index (χ2n) is 2.09. The largest absolute Gasteiger partial charge is 0.126 e. The van der Waals surface area contributed by atoms with Gasteiger partial charge in [-0.1, -0.05) is 29.5 Å². The molecule has 8 heavy (non-hydrogen) atoms. The molecule has 0 aliphatic heterocycles. The molecule has 0 nitrogen and oxygen atoms in total. The quantitative estimate of drug-likeness (QED) is 0.528. The van der Waals surface area contributed by atoms with Crippen molar-refractivity contribution in [3.05, 3.63) is 0 Å². The Morgan fingerprint density at radius 2 is 2.25 bits per heavy atom. The van der Waals surface area contributed by atoms with Gasteiger partial charge in [0.1, 0.15) is 0 Å². The summed E-state index contributed by atoms with van der Waals surface area (Å²) in [6.45, 7) is 2.19. The summed E-state index contributed by atoms with van der Waals surface area (Å²) in [5.74, 6) is 1.53. The standard InChI is InChI=1S/C6H12ClI/c1-6(5-7)3-2-4-8/h6H,2-5H2,1H3/t6-/m0/s1. The second kappa shape index (κ2) is 6.14. The highest BCUT2D eigenvalue weighted by atomic mass is 127. The molecule has 0 aliphatic rings. The number of halogens is 2. The van der Waals surface area contributed by atoms with Gasteiger partial charge in [0.05, 0.1) is 0 Å². The molecule has 0 radical (unpaired) electrons. The minimum Gasteiger partial charge on any atom is -0.126 e. The third-order valence-electron chi connectivity index (χ3n) is 1.09. The van der Waals surface area contributed by atoms with Gasteiger partial charge in [-0.15, -0.1) is 11.6 Å². The molecule has 0 aromatic heterocycles. The normalized spacial score (nSPS) is 13.9. The lowest BCUT2D eigenvalue weighted by molar-refractivity contribution is 0.588. The van der Waals surface area contributed by atoms with Crippen LogP contribution >= 0.6 is 34.2 Å². The van der Waals surface area contributed by atoms with Crippen LogP contribution in [0.2, 0.25) is 0 Å². The first-order valence-electron chi connectivity index (χ1n) is 2.93. The Hall–Kier alpha value is 1.02. The summed E-state index contributed by atoms with van der Waals surface area (Å²) in [6.07, 6.45) is 2.60. The van der Waals surface area contributed by atoms with E-state index in [2.05, 4.69) is 29.5 Å². The molecule has 0 unspecified atom stereocenters. The molecule has 2 heteroatoms. The predicted octanol–water partition coefficient (Wildman–Crippen LogP) is 3.08. The Balaban J connectivity index is 2.86. The summed E-state index contributed by atoms with van der Waals surface area (Å²) in [5.41, 5.74) is 0. The molecule has 1 atom stereocenters. The van der Waals surface area contributed by atoms with Gasteiger partial charge < -0.3 is 0 Å². The van der Waals surface area contributed by atoms with Crippen molar-refractivity contribution in [2.45, 2.75) is 19.8 Å². The molecule has 0 fully saturated rings. The Morgan fingerprint density at radius 3 is 2.62 bits per heavy atom. The van der Waals surface area contributed by atoms with Gasteiger partial charge in [-0.2, -0.15) is 0 Å². The Labute approximate surface area is 70.1 Å². The van der Waals surface area contributed by atoms with Crippen LogP contribution in [0.15, 0.2) is 0 Å². The van der Waals surface area contributed by atoms with Gasteiger partial charge in [0.15, 0.2) is 0 Å². The first-order valence-corrected chi connectivity index (χ1v) is 4.99. The molecule has 0 bridgehead atoms. The number of rotatable bonds is 4. The predicted molar refractivity (Wildman–Crippen MR) is 48.0 cm³/mol. The zero-order valence-corrected chi connectivity index (χ0v) is 8.08. The van der Waals surface area contributed by atoms with Crippen molar-refractivity contribution >= 4 is 34.2 Å². The fourth-order valence-electron chi connectivity index (χ4n) is 0.503. The summed E-state index contributed by atoms with van der Waals surface area (Å²) >= 11 is 7.98. The fourth-order valence-corrected chi connectivity index (χ4v) is 1.10. The van der Waals surface area contributed by atoms with E-state index < -0.39 is 0 Å². The molecule has 0 rings (SSSR count). The molecule has 0 heterocycles. The van der Waals surface area contributed by atoms with E-state index in [1.807, 2.05) is 0 Å². The van der Waals surface area contributed by atoms with Crippen molar-refractivity contribution in [3.8, 4) is 0 Å². The minimum absolute atomic E-state index is 0.714. The summed E-state index contributed by atoms with van der Waals surface area (Å²) in [6, 6.07) is 0. The molecule has 0 N–H and O–H groups in total. The summed E-state index contributed by atoms with van der Waals surface area (Å²) in [5, 5.41) is 0. The third kappa shape index (κ3) is 5.16. The molecule has 0 amide bonds. The minimum atomic E-state index is 0.714. The second-order valence-corrected chi connectivity index (χ2v) is 3.48. The summed E-state index contributed by atoms with van der Waals surface area (Å²) in [7, 11) is 0. The van der Waals surface area contributed by atoms with Crippen molar-refractivity contribution in [1.82, 2.24) is 0 Å². The zero-order valence-electron chi connectivity index (χ0n) is 5.16. The van der Waals surface area contributed by atoms with Crippen molar-refractivity contribution in [2.24, 2.45) is 5.92 Å². The molecule has 0 spiro atoms. The first-order chi connectivity index (χ1) is 3.81. The van der Waals surface area contributed by atoms with E-state index >= 15 is 0 Å². The zero-order chi connectivity index (χ0) is 6.41. The van der Waals surface area contributed by atoms with E-state index in [1.165, 1.54) is 17.3 Å². The van der Waals surface area contributed by atoms with Crippen LogP contribution in [-0.4, -0.2) is 10.3 Å². The molecule has 0 aromatic rings. The maximum absolute atomic E-state index is 5.59. The molecule has 50 valence electrons. The third-order valence-corrected chi connectivity index (χ3v) is 2.38. The van der Waals surface area contributed by atoms with Gasteiger partial charge in [0.25, 0.3) is 0 Å². The Morgan fingerprint density at radius 1 is 1.62 bits per heavy atom. The highest BCUT2D eigenvalue weighted by Gasteiger charge is 1.96. The van der Waals surface area contributed by atoms with Crippen molar-refractivity contribution < 1.29 is 0 Å². The van der Waals surface area contributed by atoms with Gasteiger partial charge in [-0.25, -0.2) is 0 Å². The van der Waals surface area contributed by atoms with Crippen molar-refractivity contribution in [3.63, 3.8) is 0 Å². The Kier molecular flexibility index (Phi) is 6.93. The summed E-state index contributed by atoms with van der Waals surface area (Å²) < 4.78 is 1.26. The average molecular weight is 247 g/mol. The van der Waals surface area contributed by atoms with Crippen LogP contribution in [0.25, 0.3) is 0 Å². The molecule has 0 saturated carbocycles. The molecule has 0 aliphatic carbocycles. The highest BCUT2D eigenvalue weighted by molar-refractivity contribution is 14.1. The van der Waals surface area contributed by atoms with Crippen LogP contribution in [-0.2, 0) is 0 Å². The van der Waals surface area contributed by atoms with Gasteiger partial charge in [0.2, 0.25) is 0 Å². The lowest BCUT2D eigenvalue weighted by Crippen LogP contribution is -1.95. The summed E-state index contributed by atoms with van der Waals surface area (Å²) in [4.78, 5) is 0. The monoisotopic (exact) mass is 246 g/mol. The van der Waals surface area contributed by atoms with E-state index in [0.717, 1.165) is 5.88 Å². The Bertz CT molecular complexity index is 47.8. The van der Waals surface area contributed by atoms with E-state index in [4.69, 9.17) is 11.6 Å².